The first kappa shape index (κ1) is 13.1. The second kappa shape index (κ2) is 7.47. The molecular formula is C7H17O5P. The third kappa shape index (κ3) is 8.40. The van der Waals surface area contributed by atoms with Crippen molar-refractivity contribution in [1.82, 2.24) is 0 Å². The lowest BCUT2D eigenvalue weighted by Gasteiger charge is -2.10. The molecule has 1 unspecified atom stereocenters. The van der Waals surface area contributed by atoms with E-state index >= 15 is 0 Å². The third-order valence-corrected chi connectivity index (χ3v) is 2.37. The summed E-state index contributed by atoms with van der Waals surface area (Å²) in [5.74, 6) is 0. The quantitative estimate of drug-likeness (QED) is 0.468. The van der Waals surface area contributed by atoms with Gasteiger partial charge in [0.25, 0.3) is 0 Å². The average Bonchev–Trinajstić information content (AvgIpc) is 2.09. The van der Waals surface area contributed by atoms with E-state index in [2.05, 4.69) is 9.05 Å². The number of aliphatic hydroxyl groups excluding tert-OH is 1. The van der Waals surface area contributed by atoms with Crippen LogP contribution in [0.4, 0.5) is 0 Å². The first-order valence-corrected chi connectivity index (χ1v) is 5.84. The molecule has 0 aromatic rings. The SMILES string of the molecule is CCCCCOP(=O)(O)OCCO. The number of phosphoric acid groups is 1. The molecular weight excluding hydrogens is 195 g/mol. The van der Waals surface area contributed by atoms with E-state index in [1.165, 1.54) is 0 Å². The molecule has 80 valence electrons. The van der Waals surface area contributed by atoms with Crippen molar-refractivity contribution in [1.29, 1.82) is 0 Å². The van der Waals surface area contributed by atoms with Gasteiger partial charge in [0.15, 0.2) is 0 Å². The van der Waals surface area contributed by atoms with Crippen LogP contribution in [0.25, 0.3) is 0 Å². The van der Waals surface area contributed by atoms with Crippen molar-refractivity contribution in [3.8, 4) is 0 Å². The summed E-state index contributed by atoms with van der Waals surface area (Å²) in [4.78, 5) is 8.94. The Labute approximate surface area is 78.3 Å². The van der Waals surface area contributed by atoms with E-state index in [0.29, 0.717) is 0 Å². The molecule has 0 saturated carbocycles. The van der Waals surface area contributed by atoms with Crippen LogP contribution in [0.15, 0.2) is 0 Å². The smallest absolute Gasteiger partial charge is 0.394 e. The Kier molecular flexibility index (Phi) is 7.51. The minimum Gasteiger partial charge on any atom is -0.394 e. The van der Waals surface area contributed by atoms with Crippen LogP contribution >= 0.6 is 7.82 Å². The summed E-state index contributed by atoms with van der Waals surface area (Å²) in [7, 11) is -3.91. The lowest BCUT2D eigenvalue weighted by Crippen LogP contribution is -2.01. The van der Waals surface area contributed by atoms with Crippen LogP contribution in [0.5, 0.6) is 0 Å². The highest BCUT2D eigenvalue weighted by molar-refractivity contribution is 7.47. The van der Waals surface area contributed by atoms with Gasteiger partial charge in [0, 0.05) is 0 Å². The summed E-state index contributed by atoms with van der Waals surface area (Å²) < 4.78 is 19.9. The molecule has 0 aromatic carbocycles. The maximum absolute atomic E-state index is 10.9. The topological polar surface area (TPSA) is 76.0 Å². The van der Waals surface area contributed by atoms with Crippen molar-refractivity contribution in [3.63, 3.8) is 0 Å². The van der Waals surface area contributed by atoms with Crippen LogP contribution in [-0.4, -0.2) is 29.8 Å². The summed E-state index contributed by atoms with van der Waals surface area (Å²) in [5, 5.41) is 8.33. The Balaban J connectivity index is 3.45. The molecule has 0 amide bonds. The van der Waals surface area contributed by atoms with E-state index in [1.807, 2.05) is 6.92 Å². The Morgan fingerprint density at radius 1 is 1.23 bits per heavy atom. The fourth-order valence-corrected chi connectivity index (χ4v) is 1.47. The van der Waals surface area contributed by atoms with Gasteiger partial charge in [0.1, 0.15) is 0 Å². The predicted octanol–water partition coefficient (Wildman–Crippen LogP) is 1.30. The Hall–Kier alpha value is 0.0700. The molecule has 0 aliphatic carbocycles. The normalized spacial score (nSPS) is 15.6. The molecule has 1 atom stereocenters. The summed E-state index contributed by atoms with van der Waals surface area (Å²) in [5.41, 5.74) is 0. The Bertz CT molecular complexity index is 161. The molecule has 0 fully saturated rings. The van der Waals surface area contributed by atoms with Crippen molar-refractivity contribution in [3.05, 3.63) is 0 Å². The van der Waals surface area contributed by atoms with Crippen LogP contribution < -0.4 is 0 Å². The highest BCUT2D eigenvalue weighted by atomic mass is 31.2. The fraction of sp³-hybridized carbons (Fsp3) is 1.00. The predicted molar refractivity (Wildman–Crippen MR) is 48.3 cm³/mol. The maximum atomic E-state index is 10.9. The number of hydrogen-bond acceptors (Lipinski definition) is 4. The van der Waals surface area contributed by atoms with Gasteiger partial charge in [-0.2, -0.15) is 0 Å². The largest absolute Gasteiger partial charge is 0.472 e. The number of rotatable bonds is 8. The van der Waals surface area contributed by atoms with Gasteiger partial charge < -0.3 is 10.00 Å². The summed E-state index contributed by atoms with van der Waals surface area (Å²) in [6.07, 6.45) is 2.72. The van der Waals surface area contributed by atoms with Gasteiger partial charge in [-0.25, -0.2) is 4.57 Å². The Morgan fingerprint density at radius 2 is 1.85 bits per heavy atom. The Morgan fingerprint density at radius 3 is 2.38 bits per heavy atom. The first-order valence-electron chi connectivity index (χ1n) is 4.35. The number of phosphoric ester groups is 1. The van der Waals surface area contributed by atoms with Crippen LogP contribution in [-0.2, 0) is 13.6 Å². The standard InChI is InChI=1S/C7H17O5P/c1-2-3-4-6-11-13(9,10)12-7-5-8/h8H,2-7H2,1H3,(H,9,10). The van der Waals surface area contributed by atoms with Gasteiger partial charge in [-0.3, -0.25) is 9.05 Å². The summed E-state index contributed by atoms with van der Waals surface area (Å²) >= 11 is 0. The van der Waals surface area contributed by atoms with Crippen molar-refractivity contribution < 1.29 is 23.6 Å². The zero-order valence-electron chi connectivity index (χ0n) is 7.81. The molecule has 0 bridgehead atoms. The molecule has 0 spiro atoms. The molecule has 0 aliphatic rings. The van der Waals surface area contributed by atoms with Crippen molar-refractivity contribution in [2.75, 3.05) is 19.8 Å². The summed E-state index contributed by atoms with van der Waals surface area (Å²) in [6, 6.07) is 0. The van der Waals surface area contributed by atoms with Crippen LogP contribution in [0, 0.1) is 0 Å². The second-order valence-electron chi connectivity index (χ2n) is 2.57. The fourth-order valence-electron chi connectivity index (χ4n) is 0.725. The maximum Gasteiger partial charge on any atom is 0.472 e. The molecule has 0 saturated heterocycles. The lowest BCUT2D eigenvalue weighted by molar-refractivity contribution is 0.122. The highest BCUT2D eigenvalue weighted by Crippen LogP contribution is 2.42. The molecule has 0 aliphatic heterocycles. The van der Waals surface area contributed by atoms with Crippen LogP contribution in [0.1, 0.15) is 26.2 Å². The van der Waals surface area contributed by atoms with Gasteiger partial charge in [-0.05, 0) is 6.42 Å². The number of unbranched alkanes of at least 4 members (excludes halogenated alkanes) is 2. The van der Waals surface area contributed by atoms with E-state index in [-0.39, 0.29) is 19.8 Å². The number of hydrogen-bond donors (Lipinski definition) is 2. The molecule has 6 heteroatoms. The molecule has 0 heterocycles. The molecule has 0 radical (unpaired) electrons. The highest BCUT2D eigenvalue weighted by Gasteiger charge is 2.19. The second-order valence-corrected chi connectivity index (χ2v) is 4.02. The van der Waals surface area contributed by atoms with Crippen molar-refractivity contribution in [2.24, 2.45) is 0 Å². The zero-order valence-corrected chi connectivity index (χ0v) is 8.70. The van der Waals surface area contributed by atoms with Gasteiger partial charge >= 0.3 is 7.82 Å². The third-order valence-electron chi connectivity index (χ3n) is 1.35. The van der Waals surface area contributed by atoms with E-state index in [0.717, 1.165) is 19.3 Å². The van der Waals surface area contributed by atoms with E-state index in [4.69, 9.17) is 10.00 Å². The van der Waals surface area contributed by atoms with E-state index in [1.54, 1.807) is 0 Å². The molecule has 0 rings (SSSR count). The lowest BCUT2D eigenvalue weighted by atomic mass is 10.3. The van der Waals surface area contributed by atoms with Crippen LogP contribution in [0.3, 0.4) is 0 Å². The average molecular weight is 212 g/mol. The monoisotopic (exact) mass is 212 g/mol. The molecule has 0 aromatic heterocycles. The first-order chi connectivity index (χ1) is 6.12. The zero-order chi connectivity index (χ0) is 10.2. The van der Waals surface area contributed by atoms with Crippen molar-refractivity contribution >= 4 is 7.82 Å². The van der Waals surface area contributed by atoms with E-state index < -0.39 is 7.82 Å². The van der Waals surface area contributed by atoms with Gasteiger partial charge in [0.2, 0.25) is 0 Å². The molecule has 13 heavy (non-hydrogen) atoms. The van der Waals surface area contributed by atoms with Gasteiger partial charge in [-0.1, -0.05) is 19.8 Å². The van der Waals surface area contributed by atoms with Crippen LogP contribution in [0.2, 0.25) is 0 Å². The van der Waals surface area contributed by atoms with E-state index in [9.17, 15) is 4.57 Å². The summed E-state index contributed by atoms with van der Waals surface area (Å²) in [6.45, 7) is 1.78. The van der Waals surface area contributed by atoms with Crippen molar-refractivity contribution in [2.45, 2.75) is 26.2 Å². The molecule has 5 nitrogen and oxygen atoms in total. The van der Waals surface area contributed by atoms with Gasteiger partial charge in [0.05, 0.1) is 19.8 Å². The number of aliphatic hydroxyl groups is 1. The molecule has 2 N–H and O–H groups in total. The van der Waals surface area contributed by atoms with Gasteiger partial charge in [-0.15, -0.1) is 0 Å². The minimum atomic E-state index is -3.91. The minimum absolute atomic E-state index is 0.179.